The predicted molar refractivity (Wildman–Crippen MR) is 137 cm³/mol. The molecular weight excluding hydrogens is 464 g/mol. The van der Waals surface area contributed by atoms with Gasteiger partial charge in [0.1, 0.15) is 12.1 Å². The van der Waals surface area contributed by atoms with Crippen LogP contribution in [0.4, 0.5) is 14.5 Å². The second kappa shape index (κ2) is 9.57. The van der Waals surface area contributed by atoms with E-state index in [4.69, 9.17) is 0 Å². The summed E-state index contributed by atoms with van der Waals surface area (Å²) in [5.74, 6) is 0. The number of aryl methyl sites for hydroxylation is 1. The molecule has 0 unspecified atom stereocenters. The highest BCUT2D eigenvalue weighted by atomic mass is 19.3. The highest BCUT2D eigenvalue weighted by Gasteiger charge is 2.35. The van der Waals surface area contributed by atoms with Gasteiger partial charge in [0.15, 0.2) is 0 Å². The molecule has 1 fully saturated rings. The molecule has 0 aliphatic carbocycles. The molecule has 190 valence electrons. The molecule has 5 rings (SSSR count). The average Bonchev–Trinajstić information content (AvgIpc) is 3.28. The fourth-order valence-corrected chi connectivity index (χ4v) is 5.36. The number of alkyl halides is 2. The molecule has 4 aromatic rings. The van der Waals surface area contributed by atoms with Crippen LogP contribution in [0.3, 0.4) is 0 Å². The summed E-state index contributed by atoms with van der Waals surface area (Å²) in [6.07, 6.45) is 3.35. The summed E-state index contributed by atoms with van der Waals surface area (Å²) < 4.78 is 28.8. The fraction of sp³-hybridized carbons (Fsp3) is 0.462. The highest BCUT2D eigenvalue weighted by molar-refractivity contribution is 5.88. The third-order valence-corrected chi connectivity index (χ3v) is 7.40. The van der Waals surface area contributed by atoms with Gasteiger partial charge in [-0.1, -0.05) is 13.0 Å². The molecule has 8 nitrogen and oxygen atoms in total. The molecule has 1 aliphatic heterocycles. The average molecular weight is 496 g/mol. The summed E-state index contributed by atoms with van der Waals surface area (Å²) in [5.41, 5.74) is 4.61. The van der Waals surface area contributed by atoms with Gasteiger partial charge in [0, 0.05) is 62.9 Å². The van der Waals surface area contributed by atoms with E-state index in [1.165, 1.54) is 21.0 Å². The van der Waals surface area contributed by atoms with Crippen LogP contribution in [0.5, 0.6) is 0 Å². The Morgan fingerprint density at radius 1 is 1.11 bits per heavy atom. The maximum Gasteiger partial charge on any atom is 0.257 e. The van der Waals surface area contributed by atoms with E-state index in [9.17, 15) is 13.6 Å². The van der Waals surface area contributed by atoms with E-state index in [1.807, 2.05) is 6.07 Å². The minimum Gasteiger partial charge on any atom is -0.364 e. The predicted octanol–water partition coefficient (Wildman–Crippen LogP) is 3.99. The standard InChI is InChI=1S/C26H31F2N7O/c1-5-19-13-34(22-11-25(36)32(4)23-14-33(15-24(27)28)31-26(22)23)16(2)12-35(19)17(3)18-6-7-20-21(10-18)30-9-8-29-20/h6-11,14,16-17,19,24H,5,12-13,15H2,1-4H3/t16-,17-,19+/m0/s1. The zero-order valence-electron chi connectivity index (χ0n) is 21.0. The number of hydrogen-bond acceptors (Lipinski definition) is 6. The Balaban J connectivity index is 1.47. The number of piperazine rings is 1. The molecule has 0 amide bonds. The molecular formula is C26H31F2N7O. The molecule has 0 bridgehead atoms. The van der Waals surface area contributed by atoms with Gasteiger partial charge in [-0.15, -0.1) is 0 Å². The summed E-state index contributed by atoms with van der Waals surface area (Å²) >= 11 is 0. The van der Waals surface area contributed by atoms with Crippen molar-refractivity contribution in [2.24, 2.45) is 7.05 Å². The quantitative estimate of drug-likeness (QED) is 0.403. The van der Waals surface area contributed by atoms with E-state index < -0.39 is 13.0 Å². The van der Waals surface area contributed by atoms with Crippen LogP contribution in [-0.2, 0) is 13.6 Å². The van der Waals surface area contributed by atoms with Crippen molar-refractivity contribution in [1.29, 1.82) is 0 Å². The summed E-state index contributed by atoms with van der Waals surface area (Å²) in [7, 11) is 1.65. The first-order valence-electron chi connectivity index (χ1n) is 12.3. The lowest BCUT2D eigenvalue weighted by atomic mass is 9.98. The molecule has 0 spiro atoms. The summed E-state index contributed by atoms with van der Waals surface area (Å²) in [4.78, 5) is 26.3. The molecule has 3 aromatic heterocycles. The largest absolute Gasteiger partial charge is 0.364 e. The van der Waals surface area contributed by atoms with Gasteiger partial charge in [-0.2, -0.15) is 5.10 Å². The Morgan fingerprint density at radius 2 is 1.86 bits per heavy atom. The van der Waals surface area contributed by atoms with Crippen molar-refractivity contribution in [1.82, 2.24) is 29.2 Å². The van der Waals surface area contributed by atoms with Gasteiger partial charge in [-0.05, 0) is 38.0 Å². The minimum absolute atomic E-state index is 0.0889. The van der Waals surface area contributed by atoms with E-state index >= 15 is 0 Å². The van der Waals surface area contributed by atoms with E-state index in [2.05, 4.69) is 57.8 Å². The van der Waals surface area contributed by atoms with Crippen LogP contribution in [0, 0.1) is 0 Å². The lowest BCUT2D eigenvalue weighted by molar-refractivity contribution is 0.106. The number of aromatic nitrogens is 5. The lowest BCUT2D eigenvalue weighted by Gasteiger charge is -2.48. The van der Waals surface area contributed by atoms with E-state index in [-0.39, 0.29) is 23.7 Å². The number of halogens is 2. The van der Waals surface area contributed by atoms with Gasteiger partial charge in [0.05, 0.1) is 22.2 Å². The van der Waals surface area contributed by atoms with Crippen molar-refractivity contribution < 1.29 is 8.78 Å². The molecule has 0 radical (unpaired) electrons. The van der Waals surface area contributed by atoms with Crippen molar-refractivity contribution >= 4 is 27.8 Å². The van der Waals surface area contributed by atoms with Gasteiger partial charge in [0.2, 0.25) is 0 Å². The van der Waals surface area contributed by atoms with Crippen LogP contribution >= 0.6 is 0 Å². The highest BCUT2D eigenvalue weighted by Crippen LogP contribution is 2.34. The number of hydrogen-bond donors (Lipinski definition) is 0. The maximum atomic E-state index is 13.0. The van der Waals surface area contributed by atoms with Gasteiger partial charge in [0.25, 0.3) is 12.0 Å². The molecule has 1 aliphatic rings. The molecule has 3 atom stereocenters. The molecule has 4 heterocycles. The Labute approximate surface area is 208 Å². The summed E-state index contributed by atoms with van der Waals surface area (Å²) in [5, 5.41) is 4.45. The molecule has 1 aromatic carbocycles. The van der Waals surface area contributed by atoms with E-state index in [1.54, 1.807) is 25.5 Å². The molecule has 36 heavy (non-hydrogen) atoms. The van der Waals surface area contributed by atoms with Crippen LogP contribution < -0.4 is 10.5 Å². The lowest BCUT2D eigenvalue weighted by Crippen LogP contribution is -2.58. The van der Waals surface area contributed by atoms with Crippen LogP contribution in [0.25, 0.3) is 22.1 Å². The van der Waals surface area contributed by atoms with E-state index in [0.29, 0.717) is 23.3 Å². The number of nitrogens with zero attached hydrogens (tertiary/aromatic N) is 7. The van der Waals surface area contributed by atoms with Crippen molar-refractivity contribution in [2.75, 3.05) is 18.0 Å². The van der Waals surface area contributed by atoms with E-state index in [0.717, 1.165) is 24.0 Å². The smallest absolute Gasteiger partial charge is 0.257 e. The summed E-state index contributed by atoms with van der Waals surface area (Å²) in [6.45, 7) is 7.51. The Morgan fingerprint density at radius 3 is 2.58 bits per heavy atom. The minimum atomic E-state index is -2.52. The van der Waals surface area contributed by atoms with Crippen molar-refractivity contribution in [3.05, 3.63) is 58.8 Å². The number of benzene rings is 1. The number of pyridine rings is 1. The van der Waals surface area contributed by atoms with Gasteiger partial charge in [-0.3, -0.25) is 24.3 Å². The molecule has 10 heteroatoms. The van der Waals surface area contributed by atoms with Crippen LogP contribution in [0.2, 0.25) is 0 Å². The molecule has 0 N–H and O–H groups in total. The second-order valence-corrected chi connectivity index (χ2v) is 9.64. The zero-order chi connectivity index (χ0) is 25.6. The number of anilines is 1. The van der Waals surface area contributed by atoms with Crippen molar-refractivity contribution in [2.45, 2.75) is 58.3 Å². The first-order chi connectivity index (χ1) is 17.3. The second-order valence-electron chi connectivity index (χ2n) is 9.64. The molecule has 0 saturated carbocycles. The van der Waals surface area contributed by atoms with Gasteiger partial charge in [-0.25, -0.2) is 8.78 Å². The van der Waals surface area contributed by atoms with Crippen molar-refractivity contribution in [3.8, 4) is 0 Å². The molecule has 1 saturated heterocycles. The maximum absolute atomic E-state index is 13.0. The van der Waals surface area contributed by atoms with Crippen molar-refractivity contribution in [3.63, 3.8) is 0 Å². The first kappa shape index (κ1) is 24.3. The first-order valence-corrected chi connectivity index (χ1v) is 12.3. The number of rotatable bonds is 6. The normalized spacial score (nSPS) is 20.0. The Hall–Kier alpha value is -3.40. The van der Waals surface area contributed by atoms with Crippen LogP contribution in [0.15, 0.2) is 47.7 Å². The Bertz CT molecular complexity index is 1450. The van der Waals surface area contributed by atoms with Gasteiger partial charge < -0.3 is 9.47 Å². The topological polar surface area (TPSA) is 72.1 Å². The number of fused-ring (bicyclic) bond motifs is 2. The summed E-state index contributed by atoms with van der Waals surface area (Å²) in [6, 6.07) is 8.32. The third-order valence-electron chi connectivity index (χ3n) is 7.40. The third kappa shape index (κ3) is 4.34. The monoisotopic (exact) mass is 495 g/mol. The SMILES string of the molecule is CC[C@@H]1CN(c2cc(=O)n(C)c3cn(CC(F)F)nc23)[C@@H](C)CN1[C@@H](C)c1ccc2nccnc2c1. The van der Waals surface area contributed by atoms with Crippen LogP contribution in [-0.4, -0.2) is 60.8 Å². The van der Waals surface area contributed by atoms with Gasteiger partial charge >= 0.3 is 0 Å². The fourth-order valence-electron chi connectivity index (χ4n) is 5.36. The zero-order valence-corrected chi connectivity index (χ0v) is 21.0. The van der Waals surface area contributed by atoms with Crippen LogP contribution in [0.1, 0.15) is 38.8 Å². The Kier molecular flexibility index (Phi) is 6.46.